The van der Waals surface area contributed by atoms with Gasteiger partial charge in [0.2, 0.25) is 0 Å². The fourth-order valence-corrected chi connectivity index (χ4v) is 1.33. The van der Waals surface area contributed by atoms with Crippen molar-refractivity contribution in [2.75, 3.05) is 13.2 Å². The van der Waals surface area contributed by atoms with Crippen LogP contribution in [0.15, 0.2) is 36.9 Å². The van der Waals surface area contributed by atoms with E-state index < -0.39 is 0 Å². The average Bonchev–Trinajstić information content (AvgIpc) is 2.97. The molecule has 0 bridgehead atoms. The molecule has 0 amide bonds. The van der Waals surface area contributed by atoms with Crippen LogP contribution in [-0.4, -0.2) is 18.8 Å². The summed E-state index contributed by atoms with van der Waals surface area (Å²) in [5, 5.41) is 0. The predicted molar refractivity (Wildman–Crippen MR) is 60.2 cm³/mol. The highest BCUT2D eigenvalue weighted by Gasteiger charge is 2.40. The molecule has 0 spiro atoms. The van der Waals surface area contributed by atoms with E-state index in [1.807, 2.05) is 18.2 Å². The van der Waals surface area contributed by atoms with E-state index in [0.717, 1.165) is 18.8 Å². The van der Waals surface area contributed by atoms with Crippen molar-refractivity contribution in [3.8, 4) is 5.75 Å². The van der Waals surface area contributed by atoms with Crippen LogP contribution in [0.5, 0.6) is 5.75 Å². The Kier molecular flexibility index (Phi) is 2.78. The van der Waals surface area contributed by atoms with Crippen molar-refractivity contribution < 1.29 is 9.47 Å². The molecule has 0 saturated carbocycles. The first-order valence-electron chi connectivity index (χ1n) is 5.18. The minimum atomic E-state index is -0.0419. The maximum atomic E-state index is 5.62. The van der Waals surface area contributed by atoms with Crippen molar-refractivity contribution in [1.29, 1.82) is 0 Å². The first-order chi connectivity index (χ1) is 7.22. The SMILES string of the molecule is C=CCc1ccc(OCC2(C)CO2)cc1. The van der Waals surface area contributed by atoms with Gasteiger partial charge in [-0.05, 0) is 31.0 Å². The van der Waals surface area contributed by atoms with Gasteiger partial charge in [0.15, 0.2) is 0 Å². The molecule has 0 aliphatic carbocycles. The molecule has 0 radical (unpaired) electrons. The molecule has 1 unspecified atom stereocenters. The number of hydrogen-bond acceptors (Lipinski definition) is 2. The fourth-order valence-electron chi connectivity index (χ4n) is 1.33. The van der Waals surface area contributed by atoms with Gasteiger partial charge in [-0.3, -0.25) is 0 Å². The molecule has 2 rings (SSSR count). The number of benzene rings is 1. The first-order valence-corrected chi connectivity index (χ1v) is 5.18. The highest BCUT2D eigenvalue weighted by Crippen LogP contribution is 2.26. The average molecular weight is 204 g/mol. The molecule has 15 heavy (non-hydrogen) atoms. The van der Waals surface area contributed by atoms with Gasteiger partial charge in [0.25, 0.3) is 0 Å². The van der Waals surface area contributed by atoms with Gasteiger partial charge in [-0.1, -0.05) is 18.2 Å². The standard InChI is InChI=1S/C13H16O2/c1-3-4-11-5-7-12(8-6-11)14-9-13(2)10-15-13/h3,5-8H,1,4,9-10H2,2H3. The topological polar surface area (TPSA) is 21.8 Å². The van der Waals surface area contributed by atoms with E-state index in [1.54, 1.807) is 0 Å². The van der Waals surface area contributed by atoms with Crippen molar-refractivity contribution in [2.45, 2.75) is 18.9 Å². The summed E-state index contributed by atoms with van der Waals surface area (Å²) in [4.78, 5) is 0. The van der Waals surface area contributed by atoms with Gasteiger partial charge >= 0.3 is 0 Å². The molecule has 80 valence electrons. The summed E-state index contributed by atoms with van der Waals surface area (Å²) in [5.74, 6) is 0.902. The molecule has 1 aliphatic heterocycles. The smallest absolute Gasteiger partial charge is 0.123 e. The second kappa shape index (κ2) is 4.07. The van der Waals surface area contributed by atoms with Crippen LogP contribution in [0.25, 0.3) is 0 Å². The van der Waals surface area contributed by atoms with Crippen LogP contribution in [-0.2, 0) is 11.2 Å². The lowest BCUT2D eigenvalue weighted by Gasteiger charge is -2.08. The van der Waals surface area contributed by atoms with Gasteiger partial charge in [0.1, 0.15) is 18.0 Å². The number of ether oxygens (including phenoxy) is 2. The maximum Gasteiger partial charge on any atom is 0.123 e. The molecule has 0 aromatic heterocycles. The molecular weight excluding hydrogens is 188 g/mol. The summed E-state index contributed by atoms with van der Waals surface area (Å²) in [6.07, 6.45) is 2.80. The van der Waals surface area contributed by atoms with Crippen molar-refractivity contribution in [3.63, 3.8) is 0 Å². The van der Waals surface area contributed by atoms with Gasteiger partial charge in [0, 0.05) is 0 Å². The van der Waals surface area contributed by atoms with Crippen LogP contribution in [0.1, 0.15) is 12.5 Å². The summed E-state index contributed by atoms with van der Waals surface area (Å²) < 4.78 is 10.9. The van der Waals surface area contributed by atoms with Gasteiger partial charge in [-0.25, -0.2) is 0 Å². The van der Waals surface area contributed by atoms with E-state index in [2.05, 4.69) is 25.6 Å². The molecule has 1 heterocycles. The molecule has 1 aromatic carbocycles. The minimum Gasteiger partial charge on any atom is -0.491 e. The largest absolute Gasteiger partial charge is 0.491 e. The van der Waals surface area contributed by atoms with E-state index in [0.29, 0.717) is 6.61 Å². The number of hydrogen-bond donors (Lipinski definition) is 0. The van der Waals surface area contributed by atoms with Crippen molar-refractivity contribution in [2.24, 2.45) is 0 Å². The Morgan fingerprint density at radius 3 is 2.67 bits per heavy atom. The van der Waals surface area contributed by atoms with Crippen LogP contribution in [0, 0.1) is 0 Å². The Hall–Kier alpha value is -1.28. The van der Waals surface area contributed by atoms with E-state index in [4.69, 9.17) is 9.47 Å². The van der Waals surface area contributed by atoms with Crippen LogP contribution in [0.4, 0.5) is 0 Å². The van der Waals surface area contributed by atoms with E-state index in [9.17, 15) is 0 Å². The quantitative estimate of drug-likeness (QED) is 0.543. The third kappa shape index (κ3) is 2.83. The second-order valence-corrected chi connectivity index (χ2v) is 4.16. The van der Waals surface area contributed by atoms with Gasteiger partial charge in [-0.2, -0.15) is 0 Å². The summed E-state index contributed by atoms with van der Waals surface area (Å²) >= 11 is 0. The van der Waals surface area contributed by atoms with E-state index in [1.165, 1.54) is 5.56 Å². The van der Waals surface area contributed by atoms with Crippen molar-refractivity contribution in [1.82, 2.24) is 0 Å². The van der Waals surface area contributed by atoms with Crippen LogP contribution in [0.2, 0.25) is 0 Å². The molecular formula is C13H16O2. The highest BCUT2D eigenvalue weighted by atomic mass is 16.6. The normalized spacial score (nSPS) is 23.5. The Morgan fingerprint density at radius 1 is 1.47 bits per heavy atom. The monoisotopic (exact) mass is 204 g/mol. The fraction of sp³-hybridized carbons (Fsp3) is 0.385. The highest BCUT2D eigenvalue weighted by molar-refractivity contribution is 5.28. The van der Waals surface area contributed by atoms with E-state index in [-0.39, 0.29) is 5.60 Å². The lowest BCUT2D eigenvalue weighted by molar-refractivity contribution is 0.202. The Labute approximate surface area is 90.5 Å². The Morgan fingerprint density at radius 2 is 2.13 bits per heavy atom. The second-order valence-electron chi connectivity index (χ2n) is 4.16. The van der Waals surface area contributed by atoms with Crippen molar-refractivity contribution in [3.05, 3.63) is 42.5 Å². The zero-order valence-electron chi connectivity index (χ0n) is 9.03. The predicted octanol–water partition coefficient (Wildman–Crippen LogP) is 2.58. The molecule has 1 atom stereocenters. The molecule has 1 saturated heterocycles. The molecule has 1 aromatic rings. The lowest BCUT2D eigenvalue weighted by atomic mass is 10.1. The molecule has 2 nitrogen and oxygen atoms in total. The Balaban J connectivity index is 1.89. The molecule has 1 aliphatic rings. The van der Waals surface area contributed by atoms with Crippen molar-refractivity contribution >= 4 is 0 Å². The number of rotatable bonds is 5. The summed E-state index contributed by atoms with van der Waals surface area (Å²) in [6.45, 7) is 7.20. The van der Waals surface area contributed by atoms with Crippen LogP contribution in [0.3, 0.4) is 0 Å². The van der Waals surface area contributed by atoms with Crippen LogP contribution < -0.4 is 4.74 Å². The number of epoxide rings is 1. The third-order valence-corrected chi connectivity index (χ3v) is 2.48. The molecule has 2 heteroatoms. The first kappa shape index (κ1) is 10.2. The van der Waals surface area contributed by atoms with Gasteiger partial charge in [-0.15, -0.1) is 6.58 Å². The Bertz CT molecular complexity index is 336. The number of allylic oxidation sites excluding steroid dienone is 1. The molecule has 1 fully saturated rings. The third-order valence-electron chi connectivity index (χ3n) is 2.48. The zero-order valence-corrected chi connectivity index (χ0v) is 9.03. The summed E-state index contributed by atoms with van der Waals surface area (Å²) in [5.41, 5.74) is 1.21. The maximum absolute atomic E-state index is 5.62. The summed E-state index contributed by atoms with van der Waals surface area (Å²) in [7, 11) is 0. The lowest BCUT2D eigenvalue weighted by Crippen LogP contribution is -2.16. The minimum absolute atomic E-state index is 0.0419. The zero-order chi connectivity index (χ0) is 10.7. The molecule has 0 N–H and O–H groups in total. The van der Waals surface area contributed by atoms with Gasteiger partial charge < -0.3 is 9.47 Å². The summed E-state index contributed by atoms with van der Waals surface area (Å²) in [6, 6.07) is 8.11. The van der Waals surface area contributed by atoms with Gasteiger partial charge in [0.05, 0.1) is 6.61 Å². The van der Waals surface area contributed by atoms with Crippen LogP contribution >= 0.6 is 0 Å². The van der Waals surface area contributed by atoms with E-state index >= 15 is 0 Å².